The SMILES string of the molecule is CC(C)Oc1ccc(/C=C/C(=O)c2cnn(C)c2)cc1. The van der Waals surface area contributed by atoms with Crippen LogP contribution in [0, 0.1) is 0 Å². The lowest BCUT2D eigenvalue weighted by Gasteiger charge is -2.09. The maximum atomic E-state index is 11.9. The molecule has 20 heavy (non-hydrogen) atoms. The Kier molecular flexibility index (Phi) is 4.35. The Bertz CT molecular complexity index is 610. The second kappa shape index (κ2) is 6.19. The predicted octanol–water partition coefficient (Wildman–Crippen LogP) is 3.10. The number of benzene rings is 1. The van der Waals surface area contributed by atoms with Gasteiger partial charge in [0.1, 0.15) is 5.75 Å². The molecular weight excluding hydrogens is 252 g/mol. The summed E-state index contributed by atoms with van der Waals surface area (Å²) in [5.41, 5.74) is 1.54. The molecule has 104 valence electrons. The number of ketones is 1. The van der Waals surface area contributed by atoms with Gasteiger partial charge in [0, 0.05) is 13.2 Å². The zero-order valence-electron chi connectivity index (χ0n) is 11.9. The van der Waals surface area contributed by atoms with Crippen molar-refractivity contribution in [3.63, 3.8) is 0 Å². The van der Waals surface area contributed by atoms with Crippen LogP contribution in [0.2, 0.25) is 0 Å². The molecule has 0 aliphatic rings. The summed E-state index contributed by atoms with van der Waals surface area (Å²) in [4.78, 5) is 11.9. The number of ether oxygens (including phenoxy) is 1. The minimum Gasteiger partial charge on any atom is -0.491 e. The van der Waals surface area contributed by atoms with Gasteiger partial charge in [-0.05, 0) is 37.6 Å². The molecule has 0 bridgehead atoms. The van der Waals surface area contributed by atoms with Gasteiger partial charge in [-0.25, -0.2) is 0 Å². The zero-order valence-corrected chi connectivity index (χ0v) is 11.9. The number of hydrogen-bond donors (Lipinski definition) is 0. The molecular formula is C16H18N2O2. The molecule has 1 aromatic carbocycles. The van der Waals surface area contributed by atoms with Crippen molar-refractivity contribution in [2.75, 3.05) is 0 Å². The van der Waals surface area contributed by atoms with Crippen molar-refractivity contribution in [1.82, 2.24) is 9.78 Å². The highest BCUT2D eigenvalue weighted by molar-refractivity contribution is 6.06. The van der Waals surface area contributed by atoms with Crippen molar-refractivity contribution in [2.45, 2.75) is 20.0 Å². The molecule has 0 amide bonds. The fourth-order valence-electron chi connectivity index (χ4n) is 1.75. The standard InChI is InChI=1S/C16H18N2O2/c1-12(2)20-15-7-4-13(5-8-15)6-9-16(19)14-10-17-18(3)11-14/h4-12H,1-3H3/b9-6+. The molecule has 0 atom stereocenters. The van der Waals surface area contributed by atoms with Crippen LogP contribution in [0.15, 0.2) is 42.7 Å². The monoisotopic (exact) mass is 270 g/mol. The average molecular weight is 270 g/mol. The summed E-state index contributed by atoms with van der Waals surface area (Å²) in [6, 6.07) is 7.64. The molecule has 0 aliphatic heterocycles. The summed E-state index contributed by atoms with van der Waals surface area (Å²) in [5, 5.41) is 3.98. The lowest BCUT2D eigenvalue weighted by Crippen LogP contribution is -2.05. The second-order valence-electron chi connectivity index (χ2n) is 4.84. The first-order valence-corrected chi connectivity index (χ1v) is 6.52. The van der Waals surface area contributed by atoms with Crippen LogP contribution in [0.5, 0.6) is 5.75 Å². The molecule has 2 rings (SSSR count). The minimum atomic E-state index is -0.0550. The Hall–Kier alpha value is -2.36. The van der Waals surface area contributed by atoms with Gasteiger partial charge in [-0.3, -0.25) is 9.48 Å². The third kappa shape index (κ3) is 3.82. The molecule has 0 spiro atoms. The highest BCUT2D eigenvalue weighted by atomic mass is 16.5. The summed E-state index contributed by atoms with van der Waals surface area (Å²) in [5.74, 6) is 0.774. The lowest BCUT2D eigenvalue weighted by molar-refractivity contribution is 0.104. The van der Waals surface area contributed by atoms with Gasteiger partial charge in [-0.1, -0.05) is 18.2 Å². The number of aromatic nitrogens is 2. The van der Waals surface area contributed by atoms with Crippen LogP contribution in [0.3, 0.4) is 0 Å². The van der Waals surface area contributed by atoms with E-state index in [0.29, 0.717) is 5.56 Å². The molecule has 4 nitrogen and oxygen atoms in total. The molecule has 1 aromatic heterocycles. The van der Waals surface area contributed by atoms with Gasteiger partial charge in [-0.15, -0.1) is 0 Å². The number of rotatable bonds is 5. The van der Waals surface area contributed by atoms with E-state index in [-0.39, 0.29) is 11.9 Å². The summed E-state index contributed by atoms with van der Waals surface area (Å²) in [6.07, 6.45) is 6.76. The van der Waals surface area contributed by atoms with E-state index in [0.717, 1.165) is 11.3 Å². The Balaban J connectivity index is 2.02. The molecule has 0 unspecified atom stereocenters. The van der Waals surface area contributed by atoms with Crippen LogP contribution >= 0.6 is 0 Å². The zero-order chi connectivity index (χ0) is 14.5. The number of carbonyl (C=O) groups is 1. The molecule has 0 saturated carbocycles. The third-order valence-corrected chi connectivity index (χ3v) is 2.67. The fraction of sp³-hybridized carbons (Fsp3) is 0.250. The molecule has 0 N–H and O–H groups in total. The lowest BCUT2D eigenvalue weighted by atomic mass is 10.1. The van der Waals surface area contributed by atoms with Gasteiger partial charge in [0.05, 0.1) is 17.9 Å². The molecule has 0 fully saturated rings. The normalized spacial score (nSPS) is 11.2. The first-order valence-electron chi connectivity index (χ1n) is 6.52. The summed E-state index contributed by atoms with van der Waals surface area (Å²) in [7, 11) is 1.79. The van der Waals surface area contributed by atoms with E-state index in [1.165, 1.54) is 0 Å². The van der Waals surface area contributed by atoms with Crippen molar-refractivity contribution in [1.29, 1.82) is 0 Å². The van der Waals surface area contributed by atoms with Crippen molar-refractivity contribution in [3.05, 3.63) is 53.9 Å². The minimum absolute atomic E-state index is 0.0550. The van der Waals surface area contributed by atoms with Gasteiger partial charge in [-0.2, -0.15) is 5.10 Å². The highest BCUT2D eigenvalue weighted by Crippen LogP contribution is 2.15. The Morgan fingerprint density at radius 2 is 2.00 bits per heavy atom. The topological polar surface area (TPSA) is 44.1 Å². The van der Waals surface area contributed by atoms with E-state index in [9.17, 15) is 4.79 Å². The smallest absolute Gasteiger partial charge is 0.189 e. The third-order valence-electron chi connectivity index (χ3n) is 2.67. The van der Waals surface area contributed by atoms with Crippen LogP contribution in [-0.2, 0) is 7.05 Å². The molecule has 2 aromatic rings. The van der Waals surface area contributed by atoms with E-state index in [1.807, 2.05) is 38.1 Å². The Morgan fingerprint density at radius 3 is 2.55 bits per heavy atom. The highest BCUT2D eigenvalue weighted by Gasteiger charge is 2.03. The van der Waals surface area contributed by atoms with Crippen molar-refractivity contribution >= 4 is 11.9 Å². The molecule has 0 saturated heterocycles. The van der Waals surface area contributed by atoms with Crippen LogP contribution in [0.25, 0.3) is 6.08 Å². The van der Waals surface area contributed by atoms with E-state index < -0.39 is 0 Å². The van der Waals surface area contributed by atoms with Gasteiger partial charge >= 0.3 is 0 Å². The Labute approximate surface area is 118 Å². The number of nitrogens with zero attached hydrogens (tertiary/aromatic N) is 2. The van der Waals surface area contributed by atoms with Crippen molar-refractivity contribution in [2.24, 2.45) is 7.05 Å². The van der Waals surface area contributed by atoms with Gasteiger partial charge in [0.25, 0.3) is 0 Å². The van der Waals surface area contributed by atoms with E-state index in [1.54, 1.807) is 36.3 Å². The number of hydrogen-bond acceptors (Lipinski definition) is 3. The predicted molar refractivity (Wildman–Crippen MR) is 78.8 cm³/mol. The van der Waals surface area contributed by atoms with E-state index in [4.69, 9.17) is 4.74 Å². The van der Waals surface area contributed by atoms with Gasteiger partial charge in [0.15, 0.2) is 5.78 Å². The maximum absolute atomic E-state index is 11.9. The van der Waals surface area contributed by atoms with E-state index in [2.05, 4.69) is 5.10 Å². The quantitative estimate of drug-likeness (QED) is 0.619. The average Bonchev–Trinajstić information content (AvgIpc) is 2.84. The number of allylic oxidation sites excluding steroid dienone is 1. The van der Waals surface area contributed by atoms with Crippen LogP contribution in [0.1, 0.15) is 29.8 Å². The van der Waals surface area contributed by atoms with Crippen molar-refractivity contribution in [3.8, 4) is 5.75 Å². The summed E-state index contributed by atoms with van der Waals surface area (Å²) in [6.45, 7) is 3.97. The summed E-state index contributed by atoms with van der Waals surface area (Å²) >= 11 is 0. The number of aryl methyl sites for hydroxylation is 1. The van der Waals surface area contributed by atoms with Crippen LogP contribution < -0.4 is 4.74 Å². The second-order valence-corrected chi connectivity index (χ2v) is 4.84. The molecule has 1 heterocycles. The Morgan fingerprint density at radius 1 is 1.30 bits per heavy atom. The fourth-order valence-corrected chi connectivity index (χ4v) is 1.75. The van der Waals surface area contributed by atoms with Crippen LogP contribution in [0.4, 0.5) is 0 Å². The summed E-state index contributed by atoms with van der Waals surface area (Å²) < 4.78 is 7.18. The van der Waals surface area contributed by atoms with Crippen LogP contribution in [-0.4, -0.2) is 21.7 Å². The number of carbonyl (C=O) groups excluding carboxylic acids is 1. The van der Waals surface area contributed by atoms with Gasteiger partial charge in [0.2, 0.25) is 0 Å². The van der Waals surface area contributed by atoms with E-state index >= 15 is 0 Å². The molecule has 0 radical (unpaired) electrons. The van der Waals surface area contributed by atoms with Crippen molar-refractivity contribution < 1.29 is 9.53 Å². The first-order chi connectivity index (χ1) is 9.54. The maximum Gasteiger partial charge on any atom is 0.189 e. The molecule has 4 heteroatoms. The largest absolute Gasteiger partial charge is 0.491 e. The van der Waals surface area contributed by atoms with Gasteiger partial charge < -0.3 is 4.74 Å². The first kappa shape index (κ1) is 14.1. The molecule has 0 aliphatic carbocycles.